The van der Waals surface area contributed by atoms with E-state index < -0.39 is 5.97 Å². The lowest BCUT2D eigenvalue weighted by Crippen LogP contribution is -2.23. The van der Waals surface area contributed by atoms with Crippen molar-refractivity contribution in [3.05, 3.63) is 107 Å². The fourth-order valence-corrected chi connectivity index (χ4v) is 4.54. The monoisotopic (exact) mass is 482 g/mol. The second kappa shape index (κ2) is 11.0. The number of aromatic nitrogens is 1. The summed E-state index contributed by atoms with van der Waals surface area (Å²) in [5.74, 6) is -0.977. The standard InChI is InChI=1S/C29H26N2O3S/c1-19-9-10-25(17-27(19)35-2)29(34)31-18-26-16-24(11-12-30-26)23-8-4-7-22(15-23)21-6-3-5-20(13-21)14-28(32)33/h3-13,15-17H,14,18H2,1-2H3,(H,31,34)(H,32,33). The van der Waals surface area contributed by atoms with Crippen LogP contribution in [0.4, 0.5) is 0 Å². The van der Waals surface area contributed by atoms with Crippen molar-refractivity contribution in [2.75, 3.05) is 6.26 Å². The highest BCUT2D eigenvalue weighted by Gasteiger charge is 2.10. The number of benzene rings is 3. The predicted molar refractivity (Wildman–Crippen MR) is 141 cm³/mol. The van der Waals surface area contributed by atoms with E-state index in [1.165, 1.54) is 0 Å². The number of amides is 1. The summed E-state index contributed by atoms with van der Waals surface area (Å²) in [6.45, 7) is 2.36. The number of carbonyl (C=O) groups is 2. The topological polar surface area (TPSA) is 79.3 Å². The SMILES string of the molecule is CSc1cc(C(=O)NCc2cc(-c3cccc(-c4cccc(CC(=O)O)c4)c3)ccn2)ccc1C. The molecule has 1 heterocycles. The molecule has 0 saturated heterocycles. The molecule has 0 saturated carbocycles. The number of hydrogen-bond donors (Lipinski definition) is 2. The van der Waals surface area contributed by atoms with Crippen LogP contribution in [0.1, 0.15) is 27.2 Å². The molecule has 0 spiro atoms. The van der Waals surface area contributed by atoms with E-state index in [2.05, 4.69) is 16.4 Å². The Morgan fingerprint density at radius 3 is 2.29 bits per heavy atom. The Bertz CT molecular complexity index is 1380. The third-order valence-electron chi connectivity index (χ3n) is 5.73. The Hall–Kier alpha value is -3.90. The first-order chi connectivity index (χ1) is 16.9. The number of aliphatic carboxylic acids is 1. The van der Waals surface area contributed by atoms with Crippen molar-refractivity contribution in [3.8, 4) is 22.3 Å². The van der Waals surface area contributed by atoms with Crippen molar-refractivity contribution in [3.63, 3.8) is 0 Å². The van der Waals surface area contributed by atoms with Gasteiger partial charge >= 0.3 is 5.97 Å². The van der Waals surface area contributed by atoms with E-state index in [1.54, 1.807) is 18.0 Å². The average Bonchev–Trinajstić information content (AvgIpc) is 2.87. The highest BCUT2D eigenvalue weighted by Crippen LogP contribution is 2.27. The summed E-state index contributed by atoms with van der Waals surface area (Å²) < 4.78 is 0. The fraction of sp³-hybridized carbons (Fsp3) is 0.138. The summed E-state index contributed by atoms with van der Waals surface area (Å²) >= 11 is 1.63. The molecule has 2 N–H and O–H groups in total. The zero-order chi connectivity index (χ0) is 24.8. The van der Waals surface area contributed by atoms with Crippen molar-refractivity contribution >= 4 is 23.6 Å². The molecule has 1 amide bonds. The van der Waals surface area contributed by atoms with Crippen LogP contribution < -0.4 is 5.32 Å². The van der Waals surface area contributed by atoms with Crippen molar-refractivity contribution < 1.29 is 14.7 Å². The van der Waals surface area contributed by atoms with Gasteiger partial charge in [-0.15, -0.1) is 11.8 Å². The Kier molecular flexibility index (Phi) is 7.63. The number of carboxylic acids is 1. The third kappa shape index (κ3) is 6.16. The Morgan fingerprint density at radius 1 is 0.886 bits per heavy atom. The first kappa shape index (κ1) is 24.2. The van der Waals surface area contributed by atoms with Crippen molar-refractivity contribution in [1.82, 2.24) is 10.3 Å². The molecule has 6 heteroatoms. The largest absolute Gasteiger partial charge is 0.481 e. The van der Waals surface area contributed by atoms with E-state index in [1.807, 2.05) is 86.0 Å². The van der Waals surface area contributed by atoms with Gasteiger partial charge in [0, 0.05) is 16.7 Å². The summed E-state index contributed by atoms with van der Waals surface area (Å²) in [6.07, 6.45) is 3.74. The lowest BCUT2D eigenvalue weighted by atomic mass is 9.97. The quantitative estimate of drug-likeness (QED) is 0.301. The highest BCUT2D eigenvalue weighted by molar-refractivity contribution is 7.98. The number of nitrogens with zero attached hydrogens (tertiary/aromatic N) is 1. The van der Waals surface area contributed by atoms with Gasteiger partial charge in [-0.1, -0.05) is 48.5 Å². The number of pyridine rings is 1. The van der Waals surface area contributed by atoms with Crippen molar-refractivity contribution in [2.45, 2.75) is 24.8 Å². The molecule has 0 radical (unpaired) electrons. The first-order valence-corrected chi connectivity index (χ1v) is 12.4. The first-order valence-electron chi connectivity index (χ1n) is 11.2. The zero-order valence-electron chi connectivity index (χ0n) is 19.6. The van der Waals surface area contributed by atoms with Crippen LogP contribution in [0.25, 0.3) is 22.3 Å². The minimum absolute atomic E-state index is 0.00581. The summed E-state index contributed by atoms with van der Waals surface area (Å²) in [5.41, 5.74) is 7.30. The Labute approximate surface area is 209 Å². The van der Waals surface area contributed by atoms with Gasteiger partial charge in [-0.05, 0) is 76.9 Å². The summed E-state index contributed by atoms with van der Waals surface area (Å²) in [4.78, 5) is 29.2. The maximum atomic E-state index is 12.7. The molecule has 0 bridgehead atoms. The van der Waals surface area contributed by atoms with Crippen LogP contribution >= 0.6 is 11.8 Å². The van der Waals surface area contributed by atoms with Crippen LogP contribution in [0, 0.1) is 6.92 Å². The van der Waals surface area contributed by atoms with Gasteiger partial charge in [-0.3, -0.25) is 14.6 Å². The van der Waals surface area contributed by atoms with Gasteiger partial charge in [-0.25, -0.2) is 0 Å². The lowest BCUT2D eigenvalue weighted by Gasteiger charge is -2.10. The number of thioether (sulfide) groups is 1. The van der Waals surface area contributed by atoms with Crippen molar-refractivity contribution in [1.29, 1.82) is 0 Å². The van der Waals surface area contributed by atoms with Crippen LogP contribution in [-0.2, 0) is 17.8 Å². The van der Waals surface area contributed by atoms with Gasteiger partial charge < -0.3 is 10.4 Å². The maximum Gasteiger partial charge on any atom is 0.307 e. The molecule has 4 rings (SSSR count). The molecule has 5 nitrogen and oxygen atoms in total. The van der Waals surface area contributed by atoms with Crippen LogP contribution in [0.3, 0.4) is 0 Å². The number of aryl methyl sites for hydroxylation is 1. The molecular formula is C29H26N2O3S. The van der Waals surface area contributed by atoms with E-state index in [9.17, 15) is 9.59 Å². The average molecular weight is 483 g/mol. The Morgan fingerprint density at radius 2 is 1.57 bits per heavy atom. The summed E-state index contributed by atoms with van der Waals surface area (Å²) in [5, 5.41) is 12.1. The lowest BCUT2D eigenvalue weighted by molar-refractivity contribution is -0.136. The van der Waals surface area contributed by atoms with Crippen LogP contribution in [0.2, 0.25) is 0 Å². The Balaban J connectivity index is 1.50. The second-order valence-corrected chi connectivity index (χ2v) is 9.10. The van der Waals surface area contributed by atoms with Gasteiger partial charge in [0.05, 0.1) is 18.7 Å². The van der Waals surface area contributed by atoms with Gasteiger partial charge in [-0.2, -0.15) is 0 Å². The molecule has 0 fully saturated rings. The van der Waals surface area contributed by atoms with E-state index in [0.29, 0.717) is 12.1 Å². The molecule has 4 aromatic rings. The molecule has 0 aliphatic rings. The molecule has 176 valence electrons. The molecule has 0 aliphatic heterocycles. The van der Waals surface area contributed by atoms with Gasteiger partial charge in [0.2, 0.25) is 0 Å². The highest BCUT2D eigenvalue weighted by atomic mass is 32.2. The molecule has 1 aromatic heterocycles. The van der Waals surface area contributed by atoms with Gasteiger partial charge in [0.25, 0.3) is 5.91 Å². The summed E-state index contributed by atoms with van der Waals surface area (Å²) in [6, 6.07) is 25.3. The second-order valence-electron chi connectivity index (χ2n) is 8.25. The van der Waals surface area contributed by atoms with E-state index in [-0.39, 0.29) is 12.3 Å². The number of carboxylic acid groups (broad SMARTS) is 1. The fourth-order valence-electron chi connectivity index (χ4n) is 3.90. The van der Waals surface area contributed by atoms with Gasteiger partial charge in [0.15, 0.2) is 0 Å². The van der Waals surface area contributed by atoms with Crippen LogP contribution in [-0.4, -0.2) is 28.2 Å². The van der Waals surface area contributed by atoms with E-state index in [0.717, 1.165) is 44.0 Å². The molecule has 0 unspecified atom stereocenters. The normalized spacial score (nSPS) is 10.7. The van der Waals surface area contributed by atoms with Gasteiger partial charge in [0.1, 0.15) is 0 Å². The molecular weight excluding hydrogens is 456 g/mol. The molecule has 35 heavy (non-hydrogen) atoms. The number of rotatable bonds is 8. The third-order valence-corrected chi connectivity index (χ3v) is 6.61. The molecule has 3 aromatic carbocycles. The number of hydrogen-bond acceptors (Lipinski definition) is 4. The zero-order valence-corrected chi connectivity index (χ0v) is 20.4. The minimum Gasteiger partial charge on any atom is -0.481 e. The maximum absolute atomic E-state index is 12.7. The minimum atomic E-state index is -0.848. The van der Waals surface area contributed by atoms with E-state index in [4.69, 9.17) is 5.11 Å². The predicted octanol–water partition coefficient (Wildman–Crippen LogP) is 6.00. The smallest absolute Gasteiger partial charge is 0.307 e. The molecule has 0 atom stereocenters. The number of carbonyl (C=O) groups excluding carboxylic acids is 1. The number of nitrogens with one attached hydrogen (secondary N) is 1. The van der Waals surface area contributed by atoms with Crippen molar-refractivity contribution in [2.24, 2.45) is 0 Å². The molecule has 0 aliphatic carbocycles. The van der Waals surface area contributed by atoms with E-state index >= 15 is 0 Å². The summed E-state index contributed by atoms with van der Waals surface area (Å²) in [7, 11) is 0. The van der Waals surface area contributed by atoms with Crippen LogP contribution in [0.15, 0.2) is 90.0 Å². The van der Waals surface area contributed by atoms with Crippen LogP contribution in [0.5, 0.6) is 0 Å².